The third-order valence-corrected chi connectivity index (χ3v) is 4.02. The van der Waals surface area contributed by atoms with Crippen LogP contribution in [0, 0.1) is 0 Å². The monoisotopic (exact) mass is 287 g/mol. The van der Waals surface area contributed by atoms with Crippen molar-refractivity contribution in [3.63, 3.8) is 0 Å². The maximum Gasteiger partial charge on any atom is 0.271 e. The van der Waals surface area contributed by atoms with Crippen LogP contribution in [0.2, 0.25) is 0 Å². The van der Waals surface area contributed by atoms with Crippen molar-refractivity contribution in [2.45, 2.75) is 38.6 Å². The number of carbonyl (C=O) groups is 1. The number of nitrogens with zero attached hydrogens (tertiary/aromatic N) is 4. The van der Waals surface area contributed by atoms with Crippen molar-refractivity contribution in [3.05, 3.63) is 36.2 Å². The number of likely N-dealkylation sites (tertiary alicyclic amines) is 1. The second-order valence-corrected chi connectivity index (χ2v) is 5.86. The second-order valence-electron chi connectivity index (χ2n) is 5.86. The van der Waals surface area contributed by atoms with Gasteiger partial charge in [-0.05, 0) is 18.9 Å². The molecule has 112 valence electrons. The number of imidazole rings is 1. The highest BCUT2D eigenvalue weighted by atomic mass is 16.2. The Labute approximate surface area is 124 Å². The van der Waals surface area contributed by atoms with Gasteiger partial charge in [0, 0.05) is 37.6 Å². The van der Waals surface area contributed by atoms with Crippen LogP contribution in [0.15, 0.2) is 24.7 Å². The van der Waals surface area contributed by atoms with Gasteiger partial charge in [0.15, 0.2) is 0 Å². The van der Waals surface area contributed by atoms with Crippen LogP contribution in [0.1, 0.15) is 55.0 Å². The summed E-state index contributed by atoms with van der Waals surface area (Å²) >= 11 is 0. The number of H-pyrrole nitrogens is 1. The molecule has 21 heavy (non-hydrogen) atoms. The normalized spacial score (nSPS) is 19.2. The molecule has 1 atom stereocenters. The molecule has 2 aromatic heterocycles. The third kappa shape index (κ3) is 2.70. The minimum absolute atomic E-state index is 0.0309. The van der Waals surface area contributed by atoms with E-state index in [-0.39, 0.29) is 5.91 Å². The van der Waals surface area contributed by atoms with Crippen LogP contribution in [0.25, 0.3) is 0 Å². The predicted molar refractivity (Wildman–Crippen MR) is 79.1 cm³/mol. The minimum Gasteiger partial charge on any atom is -0.335 e. The van der Waals surface area contributed by atoms with E-state index in [0.29, 0.717) is 17.7 Å². The average molecular weight is 287 g/mol. The summed E-state index contributed by atoms with van der Waals surface area (Å²) in [4.78, 5) is 18.8. The van der Waals surface area contributed by atoms with E-state index in [1.807, 2.05) is 17.3 Å². The van der Waals surface area contributed by atoms with Crippen molar-refractivity contribution in [2.24, 2.45) is 0 Å². The van der Waals surface area contributed by atoms with Crippen molar-refractivity contribution < 1.29 is 4.79 Å². The maximum atomic E-state index is 12.4. The van der Waals surface area contributed by atoms with Gasteiger partial charge in [-0.15, -0.1) is 0 Å². The van der Waals surface area contributed by atoms with Crippen molar-refractivity contribution in [1.29, 1.82) is 0 Å². The molecule has 0 saturated carbocycles. The Bertz CT molecular complexity index is 601. The molecule has 1 saturated heterocycles. The minimum atomic E-state index is 0.0309. The molecule has 1 amide bonds. The fourth-order valence-electron chi connectivity index (χ4n) is 2.99. The Morgan fingerprint density at radius 2 is 2.29 bits per heavy atom. The molecule has 6 nitrogen and oxygen atoms in total. The molecule has 0 spiro atoms. The van der Waals surface area contributed by atoms with E-state index in [1.165, 1.54) is 0 Å². The van der Waals surface area contributed by atoms with Crippen molar-refractivity contribution in [2.75, 3.05) is 13.1 Å². The van der Waals surface area contributed by atoms with Crippen molar-refractivity contribution in [1.82, 2.24) is 24.6 Å². The predicted octanol–water partition coefficient (Wildman–Crippen LogP) is 2.21. The molecule has 3 rings (SSSR count). The van der Waals surface area contributed by atoms with Gasteiger partial charge in [0.05, 0.1) is 6.04 Å². The number of hydrogen-bond donors (Lipinski definition) is 1. The van der Waals surface area contributed by atoms with E-state index < -0.39 is 0 Å². The van der Waals surface area contributed by atoms with E-state index in [4.69, 9.17) is 0 Å². The smallest absolute Gasteiger partial charge is 0.271 e. The molecule has 2 aromatic rings. The van der Waals surface area contributed by atoms with Gasteiger partial charge in [-0.2, -0.15) is 5.10 Å². The van der Waals surface area contributed by atoms with E-state index in [1.54, 1.807) is 12.3 Å². The van der Waals surface area contributed by atoms with Crippen LogP contribution in [-0.2, 0) is 0 Å². The molecule has 6 heteroatoms. The number of piperidine rings is 1. The standard InChI is InChI=1S/C15H21N5O/c1-11(2)14-16-7-9-20(14)12-4-3-8-19(10-12)15(21)13-5-6-17-18-13/h5-7,9,11-12H,3-4,8,10H2,1-2H3,(H,17,18)/t12-/m1/s1. The third-order valence-electron chi connectivity index (χ3n) is 4.02. The number of nitrogens with one attached hydrogen (secondary N) is 1. The summed E-state index contributed by atoms with van der Waals surface area (Å²) < 4.78 is 2.23. The Balaban J connectivity index is 1.77. The molecule has 0 unspecified atom stereocenters. The summed E-state index contributed by atoms with van der Waals surface area (Å²) in [6.45, 7) is 5.83. The van der Waals surface area contributed by atoms with Crippen LogP contribution < -0.4 is 0 Å². The molecular weight excluding hydrogens is 266 g/mol. The van der Waals surface area contributed by atoms with Gasteiger partial charge < -0.3 is 9.47 Å². The fraction of sp³-hybridized carbons (Fsp3) is 0.533. The van der Waals surface area contributed by atoms with Gasteiger partial charge in [0.2, 0.25) is 0 Å². The molecule has 1 aliphatic heterocycles. The van der Waals surface area contributed by atoms with Crippen LogP contribution in [0.5, 0.6) is 0 Å². The molecule has 0 aromatic carbocycles. The van der Waals surface area contributed by atoms with E-state index in [9.17, 15) is 4.79 Å². The highest BCUT2D eigenvalue weighted by Crippen LogP contribution is 2.26. The lowest BCUT2D eigenvalue weighted by Crippen LogP contribution is -2.41. The highest BCUT2D eigenvalue weighted by Gasteiger charge is 2.27. The topological polar surface area (TPSA) is 66.8 Å². The largest absolute Gasteiger partial charge is 0.335 e. The second kappa shape index (κ2) is 5.71. The van der Waals surface area contributed by atoms with Crippen molar-refractivity contribution >= 4 is 5.91 Å². The SMILES string of the molecule is CC(C)c1nccn1[C@@H]1CCCN(C(=O)c2ccn[nH]2)C1. The Kier molecular flexibility index (Phi) is 3.77. The number of aromatic nitrogens is 4. The fourth-order valence-corrected chi connectivity index (χ4v) is 2.99. The summed E-state index contributed by atoms with van der Waals surface area (Å²) in [5.41, 5.74) is 0.561. The van der Waals surface area contributed by atoms with Gasteiger partial charge in [-0.25, -0.2) is 4.98 Å². The van der Waals surface area contributed by atoms with Gasteiger partial charge in [0.1, 0.15) is 11.5 Å². The molecule has 0 bridgehead atoms. The van der Waals surface area contributed by atoms with Gasteiger partial charge >= 0.3 is 0 Å². The van der Waals surface area contributed by atoms with Crippen LogP contribution in [0.4, 0.5) is 0 Å². The lowest BCUT2D eigenvalue weighted by atomic mass is 10.0. The lowest BCUT2D eigenvalue weighted by molar-refractivity contribution is 0.0671. The van der Waals surface area contributed by atoms with Crippen LogP contribution in [0.3, 0.4) is 0 Å². The molecular formula is C15H21N5O. The Hall–Kier alpha value is -2.11. The van der Waals surface area contributed by atoms with Crippen LogP contribution >= 0.6 is 0 Å². The number of aromatic amines is 1. The van der Waals surface area contributed by atoms with Gasteiger partial charge in [-0.3, -0.25) is 9.89 Å². The number of rotatable bonds is 3. The van der Waals surface area contributed by atoms with Crippen LogP contribution in [-0.4, -0.2) is 43.6 Å². The average Bonchev–Trinajstić information content (AvgIpc) is 3.17. The number of carbonyl (C=O) groups excluding carboxylic acids is 1. The zero-order chi connectivity index (χ0) is 14.8. The summed E-state index contributed by atoms with van der Waals surface area (Å²) in [7, 11) is 0. The molecule has 0 radical (unpaired) electrons. The Morgan fingerprint density at radius 3 is 3.00 bits per heavy atom. The van der Waals surface area contributed by atoms with Gasteiger partial charge in [-0.1, -0.05) is 13.8 Å². The molecule has 1 fully saturated rings. The molecule has 1 aliphatic rings. The molecule has 1 N–H and O–H groups in total. The first-order valence-electron chi connectivity index (χ1n) is 7.48. The Morgan fingerprint density at radius 1 is 1.43 bits per heavy atom. The number of hydrogen-bond acceptors (Lipinski definition) is 3. The molecule has 3 heterocycles. The zero-order valence-electron chi connectivity index (χ0n) is 12.5. The first-order valence-corrected chi connectivity index (χ1v) is 7.48. The summed E-state index contributed by atoms with van der Waals surface area (Å²) in [5, 5.41) is 6.61. The van der Waals surface area contributed by atoms with E-state index in [0.717, 1.165) is 31.8 Å². The maximum absolute atomic E-state index is 12.4. The quantitative estimate of drug-likeness (QED) is 0.941. The zero-order valence-corrected chi connectivity index (χ0v) is 12.5. The first kappa shape index (κ1) is 13.9. The first-order chi connectivity index (χ1) is 10.2. The number of amides is 1. The summed E-state index contributed by atoms with van der Waals surface area (Å²) in [6, 6.07) is 2.04. The van der Waals surface area contributed by atoms with E-state index in [2.05, 4.69) is 33.6 Å². The lowest BCUT2D eigenvalue weighted by Gasteiger charge is -2.34. The van der Waals surface area contributed by atoms with Gasteiger partial charge in [0.25, 0.3) is 5.91 Å². The molecule has 0 aliphatic carbocycles. The highest BCUT2D eigenvalue weighted by molar-refractivity contribution is 5.92. The summed E-state index contributed by atoms with van der Waals surface area (Å²) in [6.07, 6.45) is 7.60. The van der Waals surface area contributed by atoms with E-state index >= 15 is 0 Å². The summed E-state index contributed by atoms with van der Waals surface area (Å²) in [5.74, 6) is 1.51. The van der Waals surface area contributed by atoms with Crippen molar-refractivity contribution in [3.8, 4) is 0 Å².